The number of hydrogen-bond acceptors (Lipinski definition) is 6. The van der Waals surface area contributed by atoms with E-state index in [1.807, 2.05) is 0 Å². The van der Waals surface area contributed by atoms with Crippen LogP contribution in [0.3, 0.4) is 0 Å². The van der Waals surface area contributed by atoms with Crippen LogP contribution in [0.4, 0.5) is 30.5 Å². The predicted molar refractivity (Wildman–Crippen MR) is 83.8 cm³/mol. The molecule has 0 saturated carbocycles. The van der Waals surface area contributed by atoms with Crippen LogP contribution in [0.25, 0.3) is 0 Å². The number of nitro groups is 1. The van der Waals surface area contributed by atoms with Gasteiger partial charge in [0.15, 0.2) is 0 Å². The van der Waals surface area contributed by atoms with E-state index in [2.05, 4.69) is 15.3 Å². The third kappa shape index (κ3) is 4.78. The molecule has 0 saturated heterocycles. The van der Waals surface area contributed by atoms with Crippen molar-refractivity contribution in [2.24, 2.45) is 0 Å². The average molecular weight is 356 g/mol. The molecule has 1 aromatic heterocycles. The van der Waals surface area contributed by atoms with E-state index >= 15 is 0 Å². The second kappa shape index (κ2) is 7.32. The van der Waals surface area contributed by atoms with Crippen LogP contribution in [-0.2, 0) is 6.18 Å². The number of rotatable bonds is 6. The van der Waals surface area contributed by atoms with Crippen LogP contribution < -0.4 is 10.1 Å². The van der Waals surface area contributed by atoms with Crippen LogP contribution in [0.1, 0.15) is 25.8 Å². The summed E-state index contributed by atoms with van der Waals surface area (Å²) >= 11 is 0. The van der Waals surface area contributed by atoms with Crippen molar-refractivity contribution >= 4 is 17.3 Å². The Morgan fingerprint density at radius 1 is 1.40 bits per heavy atom. The third-order valence-corrected chi connectivity index (χ3v) is 3.26. The molecule has 2 aromatic rings. The van der Waals surface area contributed by atoms with Gasteiger partial charge in [-0.15, -0.1) is 0 Å². The lowest BCUT2D eigenvalue weighted by Crippen LogP contribution is -2.17. The van der Waals surface area contributed by atoms with Crippen molar-refractivity contribution in [2.75, 3.05) is 5.32 Å². The molecule has 2 rings (SSSR count). The lowest BCUT2D eigenvalue weighted by Gasteiger charge is -2.17. The summed E-state index contributed by atoms with van der Waals surface area (Å²) in [7, 11) is 0. The van der Waals surface area contributed by atoms with Crippen LogP contribution in [0.5, 0.6) is 5.88 Å². The zero-order valence-electron chi connectivity index (χ0n) is 13.4. The number of anilines is 2. The lowest BCUT2D eigenvalue weighted by molar-refractivity contribution is -0.384. The highest BCUT2D eigenvalue weighted by atomic mass is 19.4. The first-order chi connectivity index (χ1) is 11.7. The molecule has 0 radical (unpaired) electrons. The molecule has 0 amide bonds. The molecule has 0 aliphatic heterocycles. The molecule has 0 aliphatic carbocycles. The summed E-state index contributed by atoms with van der Waals surface area (Å²) in [5.74, 6) is -0.753. The summed E-state index contributed by atoms with van der Waals surface area (Å²) in [4.78, 5) is 17.6. The summed E-state index contributed by atoms with van der Waals surface area (Å²) < 4.78 is 44.4. The minimum Gasteiger partial charge on any atom is -0.474 e. The smallest absolute Gasteiger partial charge is 0.423 e. The molecule has 134 valence electrons. The van der Waals surface area contributed by atoms with E-state index in [9.17, 15) is 23.3 Å². The number of benzene rings is 1. The first-order valence-corrected chi connectivity index (χ1v) is 7.33. The van der Waals surface area contributed by atoms with Crippen LogP contribution in [0.15, 0.2) is 30.5 Å². The lowest BCUT2D eigenvalue weighted by atomic mass is 10.3. The van der Waals surface area contributed by atoms with Crippen molar-refractivity contribution < 1.29 is 22.8 Å². The summed E-state index contributed by atoms with van der Waals surface area (Å²) in [6.45, 7) is 3.39. The van der Waals surface area contributed by atoms with Crippen molar-refractivity contribution in [2.45, 2.75) is 32.5 Å². The molecule has 0 bridgehead atoms. The molecular weight excluding hydrogens is 341 g/mol. The van der Waals surface area contributed by atoms with Crippen LogP contribution in [-0.4, -0.2) is 21.0 Å². The van der Waals surface area contributed by atoms with Gasteiger partial charge in [-0.1, -0.05) is 13.0 Å². The van der Waals surface area contributed by atoms with Crippen molar-refractivity contribution in [3.05, 3.63) is 46.1 Å². The largest absolute Gasteiger partial charge is 0.474 e. The minimum atomic E-state index is -4.66. The van der Waals surface area contributed by atoms with Crippen LogP contribution in [0, 0.1) is 10.1 Å². The van der Waals surface area contributed by atoms with Crippen LogP contribution in [0.2, 0.25) is 0 Å². The van der Waals surface area contributed by atoms with Crippen molar-refractivity contribution in [3.8, 4) is 5.88 Å². The van der Waals surface area contributed by atoms with Gasteiger partial charge in [-0.25, -0.2) is 4.98 Å². The number of alkyl halides is 3. The van der Waals surface area contributed by atoms with Gasteiger partial charge in [-0.3, -0.25) is 10.1 Å². The van der Waals surface area contributed by atoms with E-state index < -0.39 is 28.6 Å². The highest BCUT2D eigenvalue weighted by Crippen LogP contribution is 2.36. The fourth-order valence-electron chi connectivity index (χ4n) is 1.81. The van der Waals surface area contributed by atoms with E-state index in [4.69, 9.17) is 4.74 Å². The molecule has 0 fully saturated rings. The van der Waals surface area contributed by atoms with Gasteiger partial charge in [0.1, 0.15) is 5.56 Å². The van der Waals surface area contributed by atoms with E-state index in [0.29, 0.717) is 12.6 Å². The number of ether oxygens (including phenoxy) is 1. The minimum absolute atomic E-state index is 0.160. The average Bonchev–Trinajstić information content (AvgIpc) is 2.54. The Morgan fingerprint density at radius 2 is 2.12 bits per heavy atom. The second-order valence-electron chi connectivity index (χ2n) is 5.18. The van der Waals surface area contributed by atoms with Crippen LogP contribution >= 0.6 is 0 Å². The first-order valence-electron chi connectivity index (χ1n) is 7.33. The molecule has 1 N–H and O–H groups in total. The topological polar surface area (TPSA) is 90.2 Å². The SMILES string of the molecule is CCC(C)Oc1nc(Nc2cccc([N+](=O)[O-])c2)ncc1C(F)(F)F. The Balaban J connectivity index is 2.34. The molecule has 0 spiro atoms. The van der Waals surface area contributed by atoms with Gasteiger partial charge in [0.25, 0.3) is 5.69 Å². The number of aromatic nitrogens is 2. The van der Waals surface area contributed by atoms with Gasteiger partial charge in [0, 0.05) is 24.0 Å². The summed E-state index contributed by atoms with van der Waals surface area (Å²) in [6.07, 6.45) is -4.02. The maximum absolute atomic E-state index is 13.0. The van der Waals surface area contributed by atoms with Gasteiger partial charge in [-0.05, 0) is 19.4 Å². The van der Waals surface area contributed by atoms with Gasteiger partial charge in [-0.2, -0.15) is 18.2 Å². The molecule has 1 atom stereocenters. The van der Waals surface area contributed by atoms with E-state index in [1.165, 1.54) is 24.3 Å². The molecule has 1 heterocycles. The highest BCUT2D eigenvalue weighted by Gasteiger charge is 2.36. The zero-order chi connectivity index (χ0) is 18.6. The van der Waals surface area contributed by atoms with Gasteiger partial charge >= 0.3 is 6.18 Å². The second-order valence-corrected chi connectivity index (χ2v) is 5.18. The van der Waals surface area contributed by atoms with Crippen molar-refractivity contribution in [3.63, 3.8) is 0 Å². The zero-order valence-corrected chi connectivity index (χ0v) is 13.4. The normalized spacial score (nSPS) is 12.5. The standard InChI is InChI=1S/C15H15F3N4O3/c1-3-9(2)25-13-12(15(16,17)18)8-19-14(21-13)20-10-5-4-6-11(7-10)22(23)24/h4-9H,3H2,1-2H3,(H,19,20,21). The predicted octanol–water partition coefficient (Wildman–Crippen LogP) is 4.32. The van der Waals surface area contributed by atoms with E-state index in [0.717, 1.165) is 0 Å². The first kappa shape index (κ1) is 18.4. The number of nitrogens with zero attached hydrogens (tertiary/aromatic N) is 3. The number of nitrogens with one attached hydrogen (secondary N) is 1. The van der Waals surface area contributed by atoms with Crippen molar-refractivity contribution in [1.29, 1.82) is 0 Å². The number of halogens is 3. The number of hydrogen-bond donors (Lipinski definition) is 1. The Hall–Kier alpha value is -2.91. The van der Waals surface area contributed by atoms with Gasteiger partial charge in [0.05, 0.1) is 11.0 Å². The molecular formula is C15H15F3N4O3. The van der Waals surface area contributed by atoms with E-state index in [-0.39, 0.29) is 17.3 Å². The molecule has 1 aromatic carbocycles. The molecule has 1 unspecified atom stereocenters. The summed E-state index contributed by atoms with van der Waals surface area (Å²) in [5.41, 5.74) is -0.992. The number of non-ortho nitro benzene ring substituents is 1. The fraction of sp³-hybridized carbons (Fsp3) is 0.333. The Kier molecular flexibility index (Phi) is 5.40. The number of nitro benzene ring substituents is 1. The monoisotopic (exact) mass is 356 g/mol. The highest BCUT2D eigenvalue weighted by molar-refractivity contribution is 5.58. The maximum Gasteiger partial charge on any atom is 0.423 e. The Labute approximate surface area is 141 Å². The van der Waals surface area contributed by atoms with E-state index in [1.54, 1.807) is 13.8 Å². The Bertz CT molecular complexity index is 768. The Morgan fingerprint density at radius 3 is 2.72 bits per heavy atom. The molecule has 0 aliphatic rings. The summed E-state index contributed by atoms with van der Waals surface area (Å²) in [6, 6.07) is 5.44. The molecule has 7 nitrogen and oxygen atoms in total. The molecule has 25 heavy (non-hydrogen) atoms. The quantitative estimate of drug-likeness (QED) is 0.612. The third-order valence-electron chi connectivity index (χ3n) is 3.26. The molecule has 10 heteroatoms. The fourth-order valence-corrected chi connectivity index (χ4v) is 1.81. The van der Waals surface area contributed by atoms with Gasteiger partial charge in [0.2, 0.25) is 11.8 Å². The summed E-state index contributed by atoms with van der Waals surface area (Å²) in [5, 5.41) is 13.4. The maximum atomic E-state index is 13.0. The van der Waals surface area contributed by atoms with Crippen molar-refractivity contribution in [1.82, 2.24) is 9.97 Å². The van der Waals surface area contributed by atoms with Gasteiger partial charge < -0.3 is 10.1 Å².